The Morgan fingerprint density at radius 1 is 1.06 bits per heavy atom. The zero-order valence-corrected chi connectivity index (χ0v) is 18.5. The lowest BCUT2D eigenvalue weighted by Gasteiger charge is -2.31. The number of hydrogen-bond acceptors (Lipinski definition) is 3. The van der Waals surface area contributed by atoms with Gasteiger partial charge in [-0.05, 0) is 18.4 Å². The summed E-state index contributed by atoms with van der Waals surface area (Å²) in [4.78, 5) is 26.8. The molecule has 1 aliphatic heterocycles. The van der Waals surface area contributed by atoms with Crippen LogP contribution in [0.15, 0.2) is 66.9 Å². The summed E-state index contributed by atoms with van der Waals surface area (Å²) in [6, 6.07) is 20.3. The van der Waals surface area contributed by atoms with Gasteiger partial charge in [0, 0.05) is 43.4 Å². The maximum atomic E-state index is 12.9. The van der Waals surface area contributed by atoms with Crippen LogP contribution >= 0.6 is 0 Å². The van der Waals surface area contributed by atoms with Gasteiger partial charge in [-0.25, -0.2) is 0 Å². The molecule has 1 atom stereocenters. The molecule has 3 aromatic rings. The van der Waals surface area contributed by atoms with E-state index in [1.54, 1.807) is 0 Å². The van der Waals surface area contributed by atoms with Gasteiger partial charge >= 0.3 is 0 Å². The first-order valence-corrected chi connectivity index (χ1v) is 11.3. The summed E-state index contributed by atoms with van der Waals surface area (Å²) >= 11 is 0. The molecule has 2 aromatic carbocycles. The Bertz CT molecular complexity index is 1050. The fourth-order valence-corrected chi connectivity index (χ4v) is 4.25. The van der Waals surface area contributed by atoms with Crippen molar-refractivity contribution >= 4 is 11.8 Å². The third-order valence-electron chi connectivity index (χ3n) is 5.97. The zero-order chi connectivity index (χ0) is 22.3. The van der Waals surface area contributed by atoms with E-state index < -0.39 is 0 Å². The van der Waals surface area contributed by atoms with Gasteiger partial charge in [-0.2, -0.15) is 5.10 Å². The minimum Gasteiger partial charge on any atom is -0.352 e. The maximum Gasteiger partial charge on any atom is 0.225 e. The lowest BCUT2D eigenvalue weighted by Crippen LogP contribution is -2.45. The molecule has 1 aliphatic rings. The van der Waals surface area contributed by atoms with Gasteiger partial charge in [0.15, 0.2) is 0 Å². The lowest BCUT2D eigenvalue weighted by atomic mass is 9.96. The van der Waals surface area contributed by atoms with Gasteiger partial charge in [0.2, 0.25) is 11.8 Å². The first-order valence-electron chi connectivity index (χ1n) is 11.3. The second-order valence-electron chi connectivity index (χ2n) is 8.30. The van der Waals surface area contributed by atoms with Crippen LogP contribution in [0.3, 0.4) is 0 Å². The summed E-state index contributed by atoms with van der Waals surface area (Å²) in [6.07, 6.45) is 4.19. The van der Waals surface area contributed by atoms with E-state index >= 15 is 0 Å². The van der Waals surface area contributed by atoms with E-state index in [0.717, 1.165) is 36.2 Å². The van der Waals surface area contributed by atoms with E-state index in [-0.39, 0.29) is 17.7 Å². The monoisotopic (exact) mass is 430 g/mol. The minimum absolute atomic E-state index is 0.00780. The molecule has 0 radical (unpaired) electrons. The highest BCUT2D eigenvalue weighted by Crippen LogP contribution is 2.23. The van der Waals surface area contributed by atoms with Gasteiger partial charge in [0.05, 0.1) is 18.2 Å². The Labute approximate surface area is 189 Å². The Morgan fingerprint density at radius 3 is 2.50 bits per heavy atom. The number of aromatic nitrogens is 2. The van der Waals surface area contributed by atoms with Crippen molar-refractivity contribution in [1.82, 2.24) is 20.0 Å². The molecular formula is C26H30N4O2. The van der Waals surface area contributed by atoms with Gasteiger partial charge in [-0.1, -0.05) is 67.6 Å². The normalized spacial score (nSPS) is 16.0. The topological polar surface area (TPSA) is 67.2 Å². The van der Waals surface area contributed by atoms with Crippen LogP contribution in [-0.2, 0) is 22.7 Å². The first kappa shape index (κ1) is 21.8. The number of amides is 2. The van der Waals surface area contributed by atoms with Gasteiger partial charge in [0.25, 0.3) is 0 Å². The van der Waals surface area contributed by atoms with Crippen LogP contribution in [0.1, 0.15) is 37.3 Å². The molecule has 1 N–H and O–H groups in total. The highest BCUT2D eigenvalue weighted by Gasteiger charge is 2.27. The molecule has 2 amide bonds. The third kappa shape index (κ3) is 5.25. The van der Waals surface area contributed by atoms with Crippen molar-refractivity contribution in [2.45, 2.75) is 39.3 Å². The molecule has 32 heavy (non-hydrogen) atoms. The Hall–Kier alpha value is -3.41. The van der Waals surface area contributed by atoms with E-state index in [4.69, 9.17) is 5.10 Å². The second kappa shape index (κ2) is 10.3. The number of likely N-dealkylation sites (tertiary alicyclic amines) is 1. The molecular weight excluding hydrogens is 400 g/mol. The highest BCUT2D eigenvalue weighted by atomic mass is 16.2. The number of nitrogens with zero attached hydrogens (tertiary/aromatic N) is 3. The number of carbonyl (C=O) groups excluding carboxylic acids is 2. The van der Waals surface area contributed by atoms with E-state index in [1.807, 2.05) is 71.2 Å². The van der Waals surface area contributed by atoms with Crippen molar-refractivity contribution in [1.29, 1.82) is 0 Å². The van der Waals surface area contributed by atoms with Crippen LogP contribution in [0.2, 0.25) is 0 Å². The maximum absolute atomic E-state index is 12.9. The molecule has 4 rings (SSSR count). The fourth-order valence-electron chi connectivity index (χ4n) is 4.25. The summed E-state index contributed by atoms with van der Waals surface area (Å²) in [5.74, 6) is -0.0248. The number of benzene rings is 2. The molecule has 2 heterocycles. The van der Waals surface area contributed by atoms with Crippen molar-refractivity contribution in [3.05, 3.63) is 78.0 Å². The second-order valence-corrected chi connectivity index (χ2v) is 8.30. The smallest absolute Gasteiger partial charge is 0.225 e. The molecule has 1 aromatic heterocycles. The van der Waals surface area contributed by atoms with Crippen molar-refractivity contribution in [2.24, 2.45) is 5.92 Å². The van der Waals surface area contributed by atoms with E-state index in [0.29, 0.717) is 26.1 Å². The Kier molecular flexibility index (Phi) is 7.00. The third-order valence-corrected chi connectivity index (χ3v) is 5.97. The Balaban J connectivity index is 1.48. The summed E-state index contributed by atoms with van der Waals surface area (Å²) < 4.78 is 1.93. The summed E-state index contributed by atoms with van der Waals surface area (Å²) in [5, 5.41) is 7.93. The van der Waals surface area contributed by atoms with Crippen LogP contribution < -0.4 is 5.32 Å². The van der Waals surface area contributed by atoms with Crippen LogP contribution in [0.25, 0.3) is 11.3 Å². The van der Waals surface area contributed by atoms with Crippen LogP contribution in [-0.4, -0.2) is 39.6 Å². The Morgan fingerprint density at radius 2 is 1.78 bits per heavy atom. The first-order chi connectivity index (χ1) is 15.6. The van der Waals surface area contributed by atoms with Gasteiger partial charge in [-0.15, -0.1) is 0 Å². The average molecular weight is 431 g/mol. The van der Waals surface area contributed by atoms with E-state index in [9.17, 15) is 9.59 Å². The quantitative estimate of drug-likeness (QED) is 0.619. The zero-order valence-electron chi connectivity index (χ0n) is 18.5. The molecule has 166 valence electrons. The molecule has 0 unspecified atom stereocenters. The lowest BCUT2D eigenvalue weighted by molar-refractivity contribution is -0.135. The molecule has 0 spiro atoms. The molecule has 0 aliphatic carbocycles. The summed E-state index contributed by atoms with van der Waals surface area (Å²) in [7, 11) is 0. The van der Waals surface area contributed by atoms with Gasteiger partial charge < -0.3 is 10.2 Å². The predicted molar refractivity (Wildman–Crippen MR) is 125 cm³/mol. The molecule has 6 nitrogen and oxygen atoms in total. The largest absolute Gasteiger partial charge is 0.352 e. The average Bonchev–Trinajstić information content (AvgIpc) is 3.25. The number of carbonyl (C=O) groups is 2. The number of piperidine rings is 1. The standard InChI is InChI=1S/C26H30N4O2/c1-2-24(31)29-15-9-14-22(18-29)26(32)27-16-23-19-30(17-20-10-5-3-6-11-20)28-25(23)21-12-7-4-8-13-21/h3-8,10-13,19,22H,2,9,14-18H2,1H3,(H,27,32)/t22-/m0/s1. The summed E-state index contributed by atoms with van der Waals surface area (Å²) in [6.45, 7) is 4.21. The molecule has 0 saturated carbocycles. The molecule has 0 bridgehead atoms. The van der Waals surface area contributed by atoms with Crippen LogP contribution in [0, 0.1) is 5.92 Å². The number of hydrogen-bond donors (Lipinski definition) is 1. The van der Waals surface area contributed by atoms with Crippen molar-refractivity contribution < 1.29 is 9.59 Å². The van der Waals surface area contributed by atoms with Gasteiger partial charge in [0.1, 0.15) is 0 Å². The number of rotatable bonds is 7. The van der Waals surface area contributed by atoms with Crippen molar-refractivity contribution in [2.75, 3.05) is 13.1 Å². The molecule has 1 fully saturated rings. The van der Waals surface area contributed by atoms with E-state index in [2.05, 4.69) is 17.4 Å². The van der Waals surface area contributed by atoms with Crippen LogP contribution in [0.5, 0.6) is 0 Å². The highest BCUT2D eigenvalue weighted by molar-refractivity contribution is 5.81. The van der Waals surface area contributed by atoms with Gasteiger partial charge in [-0.3, -0.25) is 14.3 Å². The van der Waals surface area contributed by atoms with Crippen LogP contribution in [0.4, 0.5) is 0 Å². The summed E-state index contributed by atoms with van der Waals surface area (Å²) in [5.41, 5.74) is 4.07. The van der Waals surface area contributed by atoms with Crippen molar-refractivity contribution in [3.63, 3.8) is 0 Å². The van der Waals surface area contributed by atoms with Crippen molar-refractivity contribution in [3.8, 4) is 11.3 Å². The number of nitrogens with one attached hydrogen (secondary N) is 1. The molecule has 6 heteroatoms. The fraction of sp³-hybridized carbons (Fsp3) is 0.346. The minimum atomic E-state index is -0.154. The SMILES string of the molecule is CCC(=O)N1CCC[C@H](C(=O)NCc2cn(Cc3ccccc3)nc2-c2ccccc2)C1. The van der Waals surface area contributed by atoms with E-state index in [1.165, 1.54) is 5.56 Å². The predicted octanol–water partition coefficient (Wildman–Crippen LogP) is 3.86. The molecule has 1 saturated heterocycles.